The predicted molar refractivity (Wildman–Crippen MR) is 316 cm³/mol. The number of nitrogens with one attached hydrogen (secondary N) is 2. The molecule has 2 saturated carbocycles. The van der Waals surface area contributed by atoms with Gasteiger partial charge >= 0.3 is 6.18 Å². The number of carbonyl (C=O) groups excluding carboxylic acids is 2. The lowest BCUT2D eigenvalue weighted by Gasteiger charge is -2.24. The molecule has 1 saturated heterocycles. The van der Waals surface area contributed by atoms with E-state index in [0.717, 1.165) is 95.5 Å². The number of aryl methyl sites for hydroxylation is 2. The van der Waals surface area contributed by atoms with E-state index in [1.807, 2.05) is 73.1 Å². The number of hydrogen-bond acceptors (Lipinski definition) is 16. The van der Waals surface area contributed by atoms with Crippen molar-refractivity contribution in [1.82, 2.24) is 39.0 Å². The number of amides is 1. The number of alkyl halides is 3. The number of anilines is 4. The molecule has 434 valence electrons. The van der Waals surface area contributed by atoms with Crippen molar-refractivity contribution in [2.45, 2.75) is 114 Å². The Morgan fingerprint density at radius 3 is 1.80 bits per heavy atom. The molecular formula is C59H61Br2F3N12O7. The lowest BCUT2D eigenvalue weighted by molar-refractivity contribution is -0.160. The van der Waals surface area contributed by atoms with E-state index >= 15 is 0 Å². The maximum absolute atomic E-state index is 11.4. The van der Waals surface area contributed by atoms with Crippen molar-refractivity contribution < 1.29 is 47.2 Å². The molecule has 9 aromatic rings. The van der Waals surface area contributed by atoms with Gasteiger partial charge in [0.15, 0.2) is 5.79 Å². The molecule has 0 unspecified atom stereocenters. The predicted octanol–water partition coefficient (Wildman–Crippen LogP) is 10.6. The van der Waals surface area contributed by atoms with Gasteiger partial charge in [-0.3, -0.25) is 9.59 Å². The maximum atomic E-state index is 11.4. The minimum Gasteiger partial charge on any atom is -0.497 e. The summed E-state index contributed by atoms with van der Waals surface area (Å²) in [4.78, 5) is 46.7. The van der Waals surface area contributed by atoms with Crippen LogP contribution in [0.4, 0.5) is 36.4 Å². The molecule has 0 spiro atoms. The van der Waals surface area contributed by atoms with Crippen LogP contribution in [0.2, 0.25) is 0 Å². The number of carbonyl (C=O) groups is 2. The number of halogens is 5. The summed E-state index contributed by atoms with van der Waals surface area (Å²) in [5.41, 5.74) is 18.8. The Morgan fingerprint density at radius 2 is 1.24 bits per heavy atom. The average molecular weight is 1270 g/mol. The highest BCUT2D eigenvalue weighted by Crippen LogP contribution is 2.49. The number of methoxy groups -OCH3 is 1. The lowest BCUT2D eigenvalue weighted by Crippen LogP contribution is -2.29. The molecule has 7 heterocycles. The molecule has 0 bridgehead atoms. The number of pyridine rings is 2. The number of nitrogens with zero attached hydrogens (tertiary/aromatic N) is 8. The molecule has 3 aromatic carbocycles. The van der Waals surface area contributed by atoms with Crippen molar-refractivity contribution in [1.29, 1.82) is 0 Å². The van der Waals surface area contributed by atoms with E-state index in [1.54, 1.807) is 7.11 Å². The van der Waals surface area contributed by atoms with E-state index in [4.69, 9.17) is 35.5 Å². The average Bonchev–Trinajstić information content (AvgIpc) is 1.92. The van der Waals surface area contributed by atoms with Crippen molar-refractivity contribution in [3.8, 4) is 5.75 Å². The van der Waals surface area contributed by atoms with E-state index in [0.29, 0.717) is 48.4 Å². The minimum atomic E-state index is -4.64. The lowest BCUT2D eigenvalue weighted by atomic mass is 9.95. The molecule has 3 fully saturated rings. The number of aromatic nitrogens is 8. The molecule has 6 aromatic heterocycles. The molecule has 8 atom stereocenters. The molecular weight excluding hydrogens is 1210 g/mol. The molecule has 0 radical (unpaired) electrons. The van der Waals surface area contributed by atoms with E-state index in [2.05, 4.69) is 115 Å². The molecule has 24 heteroatoms. The third-order valence-corrected chi connectivity index (χ3v) is 16.7. The van der Waals surface area contributed by atoms with E-state index in [-0.39, 0.29) is 36.1 Å². The summed E-state index contributed by atoms with van der Waals surface area (Å²) in [5.74, 6) is 2.50. The maximum Gasteiger partial charge on any atom is 0.446 e. The van der Waals surface area contributed by atoms with Crippen molar-refractivity contribution in [2.24, 2.45) is 11.8 Å². The summed E-state index contributed by atoms with van der Waals surface area (Å²) in [6, 6.07) is 28.4. The highest BCUT2D eigenvalue weighted by molar-refractivity contribution is 9.11. The van der Waals surface area contributed by atoms with Crippen molar-refractivity contribution in [3.63, 3.8) is 0 Å². The first-order valence-electron chi connectivity index (χ1n) is 26.9. The molecule has 12 rings (SSSR count). The standard InChI is InChI=1S/C33H35BrN6O3.C24H25BrN6O3.C2HF3O/c1-33(2)42-28-22(16-27(29(28)43-33)40-13-12-24-30(35)37-18-38-32(24)40)9-5-19-4-8-21-15-25(34)31(39-26(21)14-19)36-17-20-6-10-23(41-3)11-7-20;1-12(32)29-23-17(25)9-14-4-2-13(8-18(14)30-23)3-5-15-10-19(21(34)20(15)33)31-7-6-16-22(26)27-11-28-24(16)31;3-2(4,5)1-6/h4,6-8,10-15,18,22,27-29H,5,9,16-17H2,1-3H3,(H,36,39)(H2,35,37,38);2,4,6-9,11,15,19-21,33-34H,3,5,10H2,1H3,(H2,26,27,28)(H,29,30,32);1H/t22-,27+,28+,29-;15-,19+,20+,21-;/m00./s1. The zero-order chi connectivity index (χ0) is 58.9. The number of ether oxygens (including phenoxy) is 3. The fourth-order valence-corrected chi connectivity index (χ4v) is 12.4. The number of hydrogen-bond donors (Lipinski definition) is 6. The van der Waals surface area contributed by atoms with Crippen LogP contribution in [0.3, 0.4) is 0 Å². The van der Waals surface area contributed by atoms with Gasteiger partial charge in [0.05, 0.1) is 62.2 Å². The molecule has 8 N–H and O–H groups in total. The van der Waals surface area contributed by atoms with Crippen molar-refractivity contribution >= 4 is 111 Å². The Bertz CT molecular complexity index is 3830. The first kappa shape index (κ1) is 58.8. The quantitative estimate of drug-likeness (QED) is 0.0586. The van der Waals surface area contributed by atoms with Crippen LogP contribution in [0.15, 0.2) is 119 Å². The Balaban J connectivity index is 0.000000173. The number of rotatable bonds is 13. The highest BCUT2D eigenvalue weighted by Gasteiger charge is 2.54. The zero-order valence-electron chi connectivity index (χ0n) is 45.6. The fourth-order valence-electron chi connectivity index (χ4n) is 11.5. The van der Waals surface area contributed by atoms with Gasteiger partial charge in [-0.1, -0.05) is 36.4 Å². The van der Waals surface area contributed by atoms with Gasteiger partial charge in [-0.15, -0.1) is 0 Å². The topological polar surface area (TPSA) is 266 Å². The van der Waals surface area contributed by atoms with Crippen LogP contribution in [0.5, 0.6) is 5.75 Å². The second kappa shape index (κ2) is 24.5. The summed E-state index contributed by atoms with van der Waals surface area (Å²) >= 11 is 7.14. The van der Waals surface area contributed by atoms with Gasteiger partial charge in [0.2, 0.25) is 12.2 Å². The number of benzene rings is 3. The van der Waals surface area contributed by atoms with E-state index in [1.165, 1.54) is 25.1 Å². The van der Waals surface area contributed by atoms with Crippen LogP contribution in [-0.2, 0) is 38.4 Å². The molecule has 3 aliphatic rings. The smallest absolute Gasteiger partial charge is 0.446 e. The van der Waals surface area contributed by atoms with Gasteiger partial charge in [0.25, 0.3) is 0 Å². The third-order valence-electron chi connectivity index (χ3n) is 15.4. The number of nitrogen functional groups attached to an aromatic ring is 2. The first-order valence-corrected chi connectivity index (χ1v) is 28.5. The highest BCUT2D eigenvalue weighted by atomic mass is 79.9. The summed E-state index contributed by atoms with van der Waals surface area (Å²) in [6.07, 6.45) is 4.29. The van der Waals surface area contributed by atoms with Gasteiger partial charge < -0.3 is 55.7 Å². The number of aliphatic hydroxyl groups excluding tert-OH is 2. The largest absolute Gasteiger partial charge is 0.497 e. The van der Waals surface area contributed by atoms with Crippen LogP contribution >= 0.6 is 31.9 Å². The number of aliphatic hydroxyl groups is 2. The van der Waals surface area contributed by atoms with Gasteiger partial charge in [-0.05, 0) is 161 Å². The van der Waals surface area contributed by atoms with Gasteiger partial charge in [0.1, 0.15) is 65.2 Å². The third kappa shape index (κ3) is 13.2. The molecule has 1 aliphatic heterocycles. The SMILES string of the molecule is CC(=O)Nc1nc2cc(CC[C@H]3C[C@@H](n4ccc5c(N)ncnc54)[C@H](O)[C@@H]3O)ccc2cc1Br.COc1ccc(CNc2nc3cc(CC[C@H]4C[C@@H](n5ccc6c(N)ncnc65)[C@@H]5OC(C)(C)O[C@H]45)ccc3cc2Br)cc1.O=CC(F)(F)F. The summed E-state index contributed by atoms with van der Waals surface area (Å²) in [7, 11) is 1.68. The normalized spacial score (nSPS) is 21.8. The van der Waals surface area contributed by atoms with Crippen molar-refractivity contribution in [2.75, 3.05) is 29.2 Å². The molecule has 1 amide bonds. The van der Waals surface area contributed by atoms with Gasteiger partial charge in [-0.2, -0.15) is 13.2 Å². The first-order chi connectivity index (χ1) is 39.6. The Kier molecular flexibility index (Phi) is 17.3. The van der Waals surface area contributed by atoms with Crippen LogP contribution in [-0.4, -0.2) is 105 Å². The van der Waals surface area contributed by atoms with Crippen LogP contribution in [0, 0.1) is 11.8 Å². The Hall–Kier alpha value is -7.35. The number of nitrogens with two attached hydrogens (primary N) is 2. The Morgan fingerprint density at radius 1 is 0.735 bits per heavy atom. The summed E-state index contributed by atoms with van der Waals surface area (Å²) < 4.78 is 55.2. The van der Waals surface area contributed by atoms with Gasteiger partial charge in [-0.25, -0.2) is 29.9 Å². The fraction of sp³-hybridized carbons (Fsp3) is 0.356. The van der Waals surface area contributed by atoms with E-state index < -0.39 is 30.5 Å². The second-order valence-corrected chi connectivity index (χ2v) is 23.1. The zero-order valence-corrected chi connectivity index (χ0v) is 48.8. The van der Waals surface area contributed by atoms with Crippen molar-refractivity contribution in [3.05, 3.63) is 136 Å². The molecule has 83 heavy (non-hydrogen) atoms. The van der Waals surface area contributed by atoms with Gasteiger partial charge in [0, 0.05) is 36.6 Å². The summed E-state index contributed by atoms with van der Waals surface area (Å²) in [6.45, 7) is 6.11. The van der Waals surface area contributed by atoms with Crippen LogP contribution in [0.1, 0.15) is 75.2 Å². The number of aldehydes is 1. The number of fused-ring (bicyclic) bond motifs is 5. The van der Waals surface area contributed by atoms with E-state index in [9.17, 15) is 28.2 Å². The summed E-state index contributed by atoms with van der Waals surface area (Å²) in [5, 5.41) is 31.4. The molecule has 19 nitrogen and oxygen atoms in total. The Labute approximate surface area is 491 Å². The monoisotopic (exact) mass is 1260 g/mol. The van der Waals surface area contributed by atoms with Crippen LogP contribution < -0.4 is 26.8 Å². The molecule has 2 aliphatic carbocycles. The minimum absolute atomic E-state index is 0.0138. The second-order valence-electron chi connectivity index (χ2n) is 21.4. The van der Waals surface area contributed by atoms with Crippen LogP contribution in [0.25, 0.3) is 43.9 Å².